The lowest BCUT2D eigenvalue weighted by Crippen LogP contribution is -2.57. The van der Waals surface area contributed by atoms with Crippen LogP contribution in [-0.2, 0) is 16.1 Å². The molecule has 0 aliphatic carbocycles. The molecule has 2 saturated heterocycles. The summed E-state index contributed by atoms with van der Waals surface area (Å²) in [5.41, 5.74) is 1.11. The van der Waals surface area contributed by atoms with Crippen LogP contribution >= 0.6 is 0 Å². The topological polar surface area (TPSA) is 60.4 Å². The van der Waals surface area contributed by atoms with E-state index in [-0.39, 0.29) is 11.5 Å². The van der Waals surface area contributed by atoms with E-state index in [9.17, 15) is 0 Å². The monoisotopic (exact) mass is 340 g/mol. The average Bonchev–Trinajstić information content (AvgIpc) is 2.69. The highest BCUT2D eigenvalue weighted by Gasteiger charge is 2.46. The summed E-state index contributed by atoms with van der Waals surface area (Å²) in [7, 11) is 0. The number of ether oxygens (including phenoxy) is 2. The Hall–Kier alpha value is -2.05. The maximum absolute atomic E-state index is 6.12. The third-order valence-corrected chi connectivity index (χ3v) is 5.20. The smallest absolute Gasteiger partial charge is 0.225 e. The lowest BCUT2D eigenvalue weighted by atomic mass is 9.73. The molecule has 0 radical (unpaired) electrons. The Morgan fingerprint density at radius 1 is 1.24 bits per heavy atom. The van der Waals surface area contributed by atoms with Gasteiger partial charge in [-0.25, -0.2) is 9.97 Å². The Morgan fingerprint density at radius 2 is 2.16 bits per heavy atom. The van der Waals surface area contributed by atoms with Gasteiger partial charge in [-0.15, -0.1) is 0 Å². The Labute approximate surface area is 148 Å². The van der Waals surface area contributed by atoms with Crippen molar-refractivity contribution in [2.24, 2.45) is 5.41 Å². The fraction of sp³-hybridized carbons (Fsp3) is 0.526. The second-order valence-corrected chi connectivity index (χ2v) is 6.94. The molecular formula is C19H24N4O2. The molecule has 0 saturated carbocycles. The van der Waals surface area contributed by atoms with Gasteiger partial charge in [-0.1, -0.05) is 6.07 Å². The summed E-state index contributed by atoms with van der Waals surface area (Å²) >= 11 is 0. The summed E-state index contributed by atoms with van der Waals surface area (Å²) in [6, 6.07) is 5.84. The van der Waals surface area contributed by atoms with Gasteiger partial charge >= 0.3 is 0 Å². The van der Waals surface area contributed by atoms with Gasteiger partial charge in [0.25, 0.3) is 0 Å². The molecule has 2 aromatic heterocycles. The summed E-state index contributed by atoms with van der Waals surface area (Å²) in [5.74, 6) is 0.804. The number of piperidine rings is 1. The Bertz CT molecular complexity index is 670. The van der Waals surface area contributed by atoms with Crippen LogP contribution in [0.25, 0.3) is 0 Å². The number of hydrogen-bond donors (Lipinski definition) is 0. The van der Waals surface area contributed by atoms with E-state index in [1.807, 2.05) is 24.4 Å². The molecule has 0 spiro atoms. The highest BCUT2D eigenvalue weighted by atomic mass is 16.5. The summed E-state index contributed by atoms with van der Waals surface area (Å²) in [6.07, 6.45) is 10.7. The van der Waals surface area contributed by atoms with Gasteiger partial charge in [0.2, 0.25) is 5.95 Å². The van der Waals surface area contributed by atoms with Gasteiger partial charge in [0.15, 0.2) is 0 Å². The van der Waals surface area contributed by atoms with Gasteiger partial charge in [-0.2, -0.15) is 0 Å². The van der Waals surface area contributed by atoms with E-state index < -0.39 is 0 Å². The van der Waals surface area contributed by atoms with Crippen molar-refractivity contribution in [1.82, 2.24) is 15.0 Å². The third kappa shape index (κ3) is 3.65. The van der Waals surface area contributed by atoms with Crippen LogP contribution in [0, 0.1) is 5.41 Å². The lowest BCUT2D eigenvalue weighted by molar-refractivity contribution is -0.127. The zero-order valence-electron chi connectivity index (χ0n) is 14.4. The maximum atomic E-state index is 6.12. The predicted octanol–water partition coefficient (Wildman–Crippen LogP) is 2.46. The van der Waals surface area contributed by atoms with Gasteiger partial charge in [0.05, 0.1) is 19.3 Å². The van der Waals surface area contributed by atoms with E-state index in [0.717, 1.165) is 50.5 Å². The van der Waals surface area contributed by atoms with Crippen molar-refractivity contribution < 1.29 is 9.47 Å². The van der Waals surface area contributed by atoms with E-state index in [1.165, 1.54) is 0 Å². The summed E-state index contributed by atoms with van der Waals surface area (Å²) in [5, 5.41) is 0. The van der Waals surface area contributed by atoms with Crippen molar-refractivity contribution in [3.8, 4) is 0 Å². The second-order valence-electron chi connectivity index (χ2n) is 6.94. The standard InChI is InChI=1S/C19H24N4O2/c1-4-16(12-20-7-1)13-24-15-19-6-2-11-25-17(19)5-10-23(14-19)18-21-8-3-9-22-18/h1,3-4,7-9,12,17H,2,5-6,10-11,13-15H2/t17-,19-/m0/s1. The number of aromatic nitrogens is 3. The highest BCUT2D eigenvalue weighted by molar-refractivity contribution is 5.31. The minimum Gasteiger partial charge on any atom is -0.377 e. The van der Waals surface area contributed by atoms with Gasteiger partial charge in [-0.05, 0) is 37.0 Å². The second kappa shape index (κ2) is 7.45. The van der Waals surface area contributed by atoms with Crippen molar-refractivity contribution in [2.75, 3.05) is 31.2 Å². The first-order valence-corrected chi connectivity index (χ1v) is 8.96. The fourth-order valence-electron chi connectivity index (χ4n) is 3.98. The van der Waals surface area contributed by atoms with E-state index in [4.69, 9.17) is 9.47 Å². The van der Waals surface area contributed by atoms with Crippen LogP contribution in [0.3, 0.4) is 0 Å². The summed E-state index contributed by atoms with van der Waals surface area (Å²) in [4.78, 5) is 15.3. The molecular weight excluding hydrogens is 316 g/mol. The van der Waals surface area contributed by atoms with Crippen LogP contribution in [0.4, 0.5) is 5.95 Å². The quantitative estimate of drug-likeness (QED) is 0.833. The molecule has 0 bridgehead atoms. The number of hydrogen-bond acceptors (Lipinski definition) is 6. The molecule has 2 aliphatic rings. The lowest BCUT2D eigenvalue weighted by Gasteiger charge is -2.50. The van der Waals surface area contributed by atoms with E-state index in [0.29, 0.717) is 13.2 Å². The molecule has 6 heteroatoms. The molecule has 132 valence electrons. The van der Waals surface area contributed by atoms with Crippen molar-refractivity contribution in [3.63, 3.8) is 0 Å². The minimum absolute atomic E-state index is 0.0118. The Morgan fingerprint density at radius 3 is 3.00 bits per heavy atom. The number of rotatable bonds is 5. The van der Waals surface area contributed by atoms with Gasteiger partial charge in [0.1, 0.15) is 0 Å². The zero-order valence-corrected chi connectivity index (χ0v) is 14.4. The van der Waals surface area contributed by atoms with Crippen LogP contribution in [0.5, 0.6) is 0 Å². The van der Waals surface area contributed by atoms with E-state index >= 15 is 0 Å². The fourth-order valence-corrected chi connectivity index (χ4v) is 3.98. The van der Waals surface area contributed by atoms with Crippen molar-refractivity contribution >= 4 is 5.95 Å². The van der Waals surface area contributed by atoms with Crippen LogP contribution in [0.1, 0.15) is 24.8 Å². The number of pyridine rings is 1. The van der Waals surface area contributed by atoms with E-state index in [1.54, 1.807) is 18.6 Å². The van der Waals surface area contributed by atoms with Crippen molar-refractivity contribution in [3.05, 3.63) is 48.5 Å². The first kappa shape index (κ1) is 16.4. The number of nitrogens with zero attached hydrogens (tertiary/aromatic N) is 4. The number of fused-ring (bicyclic) bond motifs is 1. The number of anilines is 1. The SMILES string of the molecule is c1cnc(N2CC[C@@H]3OCCC[C@@]3(COCc3cccnc3)C2)nc1. The molecule has 2 atom stereocenters. The molecule has 0 unspecified atom stereocenters. The normalized spacial score (nSPS) is 26.2. The van der Waals surface area contributed by atoms with Gasteiger partial charge < -0.3 is 14.4 Å². The average molecular weight is 340 g/mol. The molecule has 25 heavy (non-hydrogen) atoms. The molecule has 4 heterocycles. The first-order chi connectivity index (χ1) is 12.4. The summed E-state index contributed by atoms with van der Waals surface area (Å²) in [6.45, 7) is 3.95. The molecule has 0 N–H and O–H groups in total. The molecule has 2 aliphatic heterocycles. The summed E-state index contributed by atoms with van der Waals surface area (Å²) < 4.78 is 12.2. The maximum Gasteiger partial charge on any atom is 0.225 e. The molecule has 0 aromatic carbocycles. The minimum atomic E-state index is 0.0118. The Balaban J connectivity index is 1.46. The van der Waals surface area contributed by atoms with E-state index in [2.05, 4.69) is 19.9 Å². The predicted molar refractivity (Wildman–Crippen MR) is 94.2 cm³/mol. The molecule has 2 fully saturated rings. The zero-order chi connectivity index (χ0) is 17.0. The van der Waals surface area contributed by atoms with Crippen molar-refractivity contribution in [1.29, 1.82) is 0 Å². The van der Waals surface area contributed by atoms with Crippen molar-refractivity contribution in [2.45, 2.75) is 32.0 Å². The van der Waals surface area contributed by atoms with Gasteiger partial charge in [-0.3, -0.25) is 4.98 Å². The van der Waals surface area contributed by atoms with Crippen LogP contribution in [0.2, 0.25) is 0 Å². The van der Waals surface area contributed by atoms with Crippen LogP contribution in [-0.4, -0.2) is 47.4 Å². The Kier molecular flexibility index (Phi) is 4.90. The highest BCUT2D eigenvalue weighted by Crippen LogP contribution is 2.41. The molecule has 4 rings (SSSR count). The molecule has 0 amide bonds. The third-order valence-electron chi connectivity index (χ3n) is 5.20. The van der Waals surface area contributed by atoms with Crippen LogP contribution < -0.4 is 4.90 Å². The first-order valence-electron chi connectivity index (χ1n) is 8.96. The van der Waals surface area contributed by atoms with Crippen LogP contribution in [0.15, 0.2) is 43.0 Å². The molecule has 6 nitrogen and oxygen atoms in total. The molecule has 2 aromatic rings. The largest absolute Gasteiger partial charge is 0.377 e. The van der Waals surface area contributed by atoms with Gasteiger partial charge in [0, 0.05) is 49.9 Å².